The Kier molecular flexibility index (Phi) is 5.09. The predicted molar refractivity (Wildman–Crippen MR) is 76.0 cm³/mol. The first-order valence-electron chi connectivity index (χ1n) is 6.65. The Hall–Kier alpha value is -0.520. The first-order valence-corrected chi connectivity index (χ1v) is 7.80. The minimum atomic E-state index is 0.254. The molecule has 2 rings (SSSR count). The van der Waals surface area contributed by atoms with Gasteiger partial charge in [-0.05, 0) is 19.9 Å². The van der Waals surface area contributed by atoms with Crippen molar-refractivity contribution in [3.63, 3.8) is 0 Å². The minimum Gasteiger partial charge on any atom is -0.374 e. The molecular formula is C13H23N3OS. The summed E-state index contributed by atoms with van der Waals surface area (Å²) in [4.78, 5) is 4.40. The second kappa shape index (κ2) is 6.59. The van der Waals surface area contributed by atoms with Gasteiger partial charge in [-0.25, -0.2) is 4.98 Å². The van der Waals surface area contributed by atoms with Crippen LogP contribution in [-0.2, 0) is 11.8 Å². The van der Waals surface area contributed by atoms with Gasteiger partial charge < -0.3 is 14.6 Å². The Balaban J connectivity index is 2.15. The predicted octanol–water partition coefficient (Wildman–Crippen LogP) is 1.90. The molecule has 0 spiro atoms. The van der Waals surface area contributed by atoms with Crippen LogP contribution in [0.2, 0.25) is 0 Å². The zero-order valence-electron chi connectivity index (χ0n) is 11.5. The smallest absolute Gasteiger partial charge is 0.105 e. The van der Waals surface area contributed by atoms with Gasteiger partial charge in [-0.1, -0.05) is 6.92 Å². The van der Waals surface area contributed by atoms with Crippen LogP contribution in [0.1, 0.15) is 30.9 Å². The molecule has 1 aliphatic heterocycles. The zero-order valence-corrected chi connectivity index (χ0v) is 12.3. The lowest BCUT2D eigenvalue weighted by atomic mass is 10.1. The Morgan fingerprint density at radius 2 is 2.50 bits per heavy atom. The van der Waals surface area contributed by atoms with Crippen LogP contribution in [0.15, 0.2) is 6.20 Å². The lowest BCUT2D eigenvalue weighted by Crippen LogP contribution is -2.39. The molecule has 1 aromatic rings. The largest absolute Gasteiger partial charge is 0.374 e. The van der Waals surface area contributed by atoms with Crippen LogP contribution >= 0.6 is 11.8 Å². The number of rotatable bonds is 5. The fraction of sp³-hybridized carbons (Fsp3) is 0.769. The summed E-state index contributed by atoms with van der Waals surface area (Å²) >= 11 is 1.98. The summed E-state index contributed by atoms with van der Waals surface area (Å²) in [7, 11) is 2.08. The Labute approximate surface area is 114 Å². The molecule has 102 valence electrons. The van der Waals surface area contributed by atoms with E-state index in [-0.39, 0.29) is 12.1 Å². The van der Waals surface area contributed by atoms with Crippen LogP contribution in [0.4, 0.5) is 0 Å². The average Bonchev–Trinajstić information content (AvgIpc) is 2.73. The quantitative estimate of drug-likeness (QED) is 0.886. The van der Waals surface area contributed by atoms with Gasteiger partial charge >= 0.3 is 0 Å². The van der Waals surface area contributed by atoms with Crippen molar-refractivity contribution < 1.29 is 4.74 Å². The number of nitrogens with one attached hydrogen (secondary N) is 1. The van der Waals surface area contributed by atoms with Crippen molar-refractivity contribution in [2.45, 2.75) is 32.4 Å². The maximum atomic E-state index is 5.93. The highest BCUT2D eigenvalue weighted by Crippen LogP contribution is 2.25. The van der Waals surface area contributed by atoms with Gasteiger partial charge in [0, 0.05) is 18.6 Å². The molecule has 0 bridgehead atoms. The van der Waals surface area contributed by atoms with E-state index in [0.29, 0.717) is 0 Å². The molecule has 4 nitrogen and oxygen atoms in total. The van der Waals surface area contributed by atoms with Gasteiger partial charge in [-0.2, -0.15) is 11.8 Å². The Morgan fingerprint density at radius 3 is 3.06 bits per heavy atom. The van der Waals surface area contributed by atoms with Crippen LogP contribution in [0, 0.1) is 6.92 Å². The van der Waals surface area contributed by atoms with Crippen LogP contribution in [0.25, 0.3) is 0 Å². The second-order valence-electron chi connectivity index (χ2n) is 4.71. The van der Waals surface area contributed by atoms with E-state index < -0.39 is 0 Å². The van der Waals surface area contributed by atoms with Crippen molar-refractivity contribution in [2.24, 2.45) is 7.05 Å². The van der Waals surface area contributed by atoms with Crippen molar-refractivity contribution in [1.29, 1.82) is 0 Å². The van der Waals surface area contributed by atoms with Crippen LogP contribution in [0.5, 0.6) is 0 Å². The fourth-order valence-electron chi connectivity index (χ4n) is 2.23. The van der Waals surface area contributed by atoms with Crippen LogP contribution in [-0.4, -0.2) is 40.3 Å². The number of thioether (sulfide) groups is 1. The summed E-state index contributed by atoms with van der Waals surface area (Å²) in [5.41, 5.74) is 1.23. The second-order valence-corrected chi connectivity index (χ2v) is 5.86. The third kappa shape index (κ3) is 3.08. The molecule has 5 heteroatoms. The summed E-state index contributed by atoms with van der Waals surface area (Å²) in [6.45, 7) is 6.10. The van der Waals surface area contributed by atoms with E-state index in [1.807, 2.05) is 24.9 Å². The summed E-state index contributed by atoms with van der Waals surface area (Å²) < 4.78 is 8.09. The van der Waals surface area contributed by atoms with E-state index in [2.05, 4.69) is 28.8 Å². The van der Waals surface area contributed by atoms with Gasteiger partial charge in [0.05, 0.1) is 30.6 Å². The number of hydrogen-bond donors (Lipinski definition) is 1. The molecular weight excluding hydrogens is 246 g/mol. The lowest BCUT2D eigenvalue weighted by Gasteiger charge is -2.31. The summed E-state index contributed by atoms with van der Waals surface area (Å²) in [6.07, 6.45) is 3.36. The van der Waals surface area contributed by atoms with Crippen molar-refractivity contribution in [3.05, 3.63) is 17.7 Å². The Bertz CT molecular complexity index is 374. The molecule has 1 aromatic heterocycles. The summed E-state index contributed by atoms with van der Waals surface area (Å²) in [6, 6.07) is 0.254. The van der Waals surface area contributed by atoms with Gasteiger partial charge in [0.2, 0.25) is 0 Å². The third-order valence-corrected chi connectivity index (χ3v) is 4.42. The van der Waals surface area contributed by atoms with Gasteiger partial charge in [-0.15, -0.1) is 0 Å². The zero-order chi connectivity index (χ0) is 13.0. The standard InChI is InChI=1S/C13H23N3OS/c1-4-5-14-13(12-9-18-7-6-17-12)11-8-15-10(2)16(11)3/h8,12-14H,4-7,9H2,1-3H3. The van der Waals surface area contributed by atoms with Crippen molar-refractivity contribution in [3.8, 4) is 0 Å². The van der Waals surface area contributed by atoms with Crippen LogP contribution in [0.3, 0.4) is 0 Å². The van der Waals surface area contributed by atoms with Gasteiger partial charge in [-0.3, -0.25) is 0 Å². The molecule has 0 saturated carbocycles. The molecule has 2 heterocycles. The van der Waals surface area contributed by atoms with E-state index in [1.165, 1.54) is 5.69 Å². The maximum absolute atomic E-state index is 5.93. The first kappa shape index (κ1) is 13.9. The van der Waals surface area contributed by atoms with Crippen molar-refractivity contribution >= 4 is 11.8 Å². The number of imidazole rings is 1. The molecule has 2 atom stereocenters. The number of hydrogen-bond acceptors (Lipinski definition) is 4. The first-order chi connectivity index (χ1) is 8.74. The van der Waals surface area contributed by atoms with Crippen LogP contribution < -0.4 is 5.32 Å². The fourth-order valence-corrected chi connectivity index (χ4v) is 3.14. The lowest BCUT2D eigenvalue weighted by molar-refractivity contribution is 0.0449. The van der Waals surface area contributed by atoms with E-state index in [0.717, 1.165) is 36.9 Å². The van der Waals surface area contributed by atoms with Gasteiger partial charge in [0.1, 0.15) is 5.82 Å². The van der Waals surface area contributed by atoms with Gasteiger partial charge in [0.25, 0.3) is 0 Å². The van der Waals surface area contributed by atoms with E-state index in [9.17, 15) is 0 Å². The number of aromatic nitrogens is 2. The molecule has 1 N–H and O–H groups in total. The molecule has 0 aliphatic carbocycles. The normalized spacial score (nSPS) is 22.1. The van der Waals surface area contributed by atoms with Gasteiger partial charge in [0.15, 0.2) is 0 Å². The molecule has 0 aromatic carbocycles. The summed E-state index contributed by atoms with van der Waals surface area (Å²) in [5.74, 6) is 3.23. The Morgan fingerprint density at radius 1 is 1.67 bits per heavy atom. The highest BCUT2D eigenvalue weighted by molar-refractivity contribution is 7.99. The highest BCUT2D eigenvalue weighted by Gasteiger charge is 2.28. The van der Waals surface area contributed by atoms with Crippen molar-refractivity contribution in [2.75, 3.05) is 24.7 Å². The monoisotopic (exact) mass is 269 g/mol. The highest BCUT2D eigenvalue weighted by atomic mass is 32.2. The molecule has 0 radical (unpaired) electrons. The average molecular weight is 269 g/mol. The molecule has 1 saturated heterocycles. The van der Waals surface area contributed by atoms with E-state index in [1.54, 1.807) is 0 Å². The third-order valence-electron chi connectivity index (χ3n) is 3.40. The topological polar surface area (TPSA) is 39.1 Å². The maximum Gasteiger partial charge on any atom is 0.105 e. The summed E-state index contributed by atoms with van der Waals surface area (Å²) in [5, 5.41) is 3.61. The number of nitrogens with zero attached hydrogens (tertiary/aromatic N) is 2. The van der Waals surface area contributed by atoms with Crippen molar-refractivity contribution in [1.82, 2.24) is 14.9 Å². The molecule has 0 amide bonds. The van der Waals surface area contributed by atoms with E-state index >= 15 is 0 Å². The number of aryl methyl sites for hydroxylation is 1. The molecule has 18 heavy (non-hydrogen) atoms. The number of ether oxygens (including phenoxy) is 1. The van der Waals surface area contributed by atoms with E-state index in [4.69, 9.17) is 4.74 Å². The molecule has 1 fully saturated rings. The minimum absolute atomic E-state index is 0.254. The SMILES string of the molecule is CCCNC(c1cnc(C)n1C)C1CSCCO1. The molecule has 1 aliphatic rings. The molecule has 2 unspecified atom stereocenters.